The van der Waals surface area contributed by atoms with Gasteiger partial charge in [-0.25, -0.2) is 4.79 Å². The predicted molar refractivity (Wildman–Crippen MR) is 23.1 cm³/mol. The van der Waals surface area contributed by atoms with Crippen molar-refractivity contribution in [2.75, 3.05) is 13.2 Å². The van der Waals surface area contributed by atoms with Gasteiger partial charge in [0.25, 0.3) is 0 Å². The Hall–Kier alpha value is 0.192. The van der Waals surface area contributed by atoms with E-state index < -0.39 is 6.16 Å². The van der Waals surface area contributed by atoms with E-state index >= 15 is 0 Å². The molecule has 3 nitrogen and oxygen atoms in total. The Morgan fingerprint density at radius 1 is 1.29 bits per heavy atom. The summed E-state index contributed by atoms with van der Waals surface area (Å²) in [5, 5.41) is 0. The first-order chi connectivity index (χ1) is 2.89. The van der Waals surface area contributed by atoms with Crippen LogP contribution in [-0.2, 0) is 9.47 Å². The normalized spacial score (nSPS) is 16.9. The Kier molecular flexibility index (Phi) is 3.32. The van der Waals surface area contributed by atoms with Crippen molar-refractivity contribution < 1.29 is 14.3 Å². The average Bonchev–Trinajstić information content (AvgIpc) is 1.86. The van der Waals surface area contributed by atoms with Gasteiger partial charge in [0.1, 0.15) is 13.2 Å². The molecule has 1 fully saturated rings. The number of hydrogen-bond donors (Lipinski definition) is 0. The Balaban J connectivity index is 0.000000360. The second-order valence-electron chi connectivity index (χ2n) is 0.947. The van der Waals surface area contributed by atoms with Crippen LogP contribution in [0.3, 0.4) is 0 Å². The van der Waals surface area contributed by atoms with Crippen LogP contribution in [0.2, 0.25) is 0 Å². The minimum absolute atomic E-state index is 0. The van der Waals surface area contributed by atoms with Crippen molar-refractivity contribution in [2.45, 2.75) is 0 Å². The van der Waals surface area contributed by atoms with Crippen LogP contribution < -0.4 is 0 Å². The van der Waals surface area contributed by atoms with Gasteiger partial charge < -0.3 is 9.47 Å². The van der Waals surface area contributed by atoms with Crippen LogP contribution >= 0.6 is 0 Å². The molecule has 1 rings (SSSR count). The fourth-order valence-electron chi connectivity index (χ4n) is 0.292. The van der Waals surface area contributed by atoms with E-state index in [1.165, 1.54) is 0 Å². The van der Waals surface area contributed by atoms with Crippen molar-refractivity contribution in [1.82, 2.24) is 0 Å². The largest absolute Gasteiger partial charge is 0.508 e. The molecule has 0 aromatic carbocycles. The van der Waals surface area contributed by atoms with Crippen LogP contribution in [0.5, 0.6) is 0 Å². The molecule has 1 aliphatic heterocycles. The minimum atomic E-state index is -0.546. The molecule has 0 unspecified atom stereocenters. The number of carbonyl (C=O) groups excluding carboxylic acids is 1. The topological polar surface area (TPSA) is 35.5 Å². The standard InChI is InChI=1S/C3H4O3.Tl/c4-3-5-1-2-6-3;/h1-2H2;. The average molecular weight is 292 g/mol. The second kappa shape index (κ2) is 3.23. The van der Waals surface area contributed by atoms with E-state index in [4.69, 9.17) is 0 Å². The van der Waals surface area contributed by atoms with Crippen LogP contribution in [-0.4, -0.2) is 46.7 Å². The number of ether oxygens (including phenoxy) is 2. The summed E-state index contributed by atoms with van der Waals surface area (Å²) in [5.41, 5.74) is 0. The molecule has 0 saturated carbocycles. The SMILES string of the molecule is O=C1OCCO1.[Tl]. The van der Waals surface area contributed by atoms with Gasteiger partial charge in [-0.05, 0) is 0 Å². The quantitative estimate of drug-likeness (QED) is 0.457. The third kappa shape index (κ3) is 2.10. The van der Waals surface area contributed by atoms with Crippen molar-refractivity contribution in [1.29, 1.82) is 0 Å². The summed E-state index contributed by atoms with van der Waals surface area (Å²) in [6.07, 6.45) is -0.546. The molecular formula is C3H4O3Tl. The summed E-state index contributed by atoms with van der Waals surface area (Å²) in [5.74, 6) is 0. The van der Waals surface area contributed by atoms with Gasteiger partial charge in [-0.3, -0.25) is 0 Å². The molecule has 1 radical (unpaired) electrons. The van der Waals surface area contributed by atoms with E-state index in [0.29, 0.717) is 13.2 Å². The third-order valence-electron chi connectivity index (χ3n) is 0.523. The van der Waals surface area contributed by atoms with Crippen LogP contribution in [0.25, 0.3) is 0 Å². The van der Waals surface area contributed by atoms with Gasteiger partial charge in [0.2, 0.25) is 0 Å². The molecule has 0 amide bonds. The maximum absolute atomic E-state index is 9.80. The molecule has 0 aromatic rings. The first-order valence-electron chi connectivity index (χ1n) is 1.69. The molecular weight excluding hydrogens is 288 g/mol. The maximum Gasteiger partial charge on any atom is 0.508 e. The van der Waals surface area contributed by atoms with Crippen LogP contribution in [0, 0.1) is 0 Å². The minimum Gasteiger partial charge on any atom is -0.431 e. The Labute approximate surface area is 61.1 Å². The van der Waals surface area contributed by atoms with E-state index in [0.717, 1.165) is 0 Å². The first kappa shape index (κ1) is 7.19. The fourth-order valence-corrected chi connectivity index (χ4v) is 0.292. The van der Waals surface area contributed by atoms with E-state index in [1.807, 2.05) is 0 Å². The molecule has 4 heteroatoms. The zero-order valence-electron chi connectivity index (χ0n) is 3.72. The molecule has 0 aliphatic carbocycles. The van der Waals surface area contributed by atoms with E-state index in [9.17, 15) is 4.79 Å². The van der Waals surface area contributed by atoms with Crippen molar-refractivity contribution in [3.05, 3.63) is 0 Å². The van der Waals surface area contributed by atoms with Gasteiger partial charge in [-0.1, -0.05) is 0 Å². The second-order valence-corrected chi connectivity index (χ2v) is 0.947. The number of cyclic esters (lactones) is 2. The molecule has 1 aliphatic rings. The summed E-state index contributed by atoms with van der Waals surface area (Å²) < 4.78 is 8.58. The van der Waals surface area contributed by atoms with Crippen molar-refractivity contribution >= 4 is 33.5 Å². The summed E-state index contributed by atoms with van der Waals surface area (Å²) >= 11 is 0. The summed E-state index contributed by atoms with van der Waals surface area (Å²) in [6, 6.07) is 0. The zero-order chi connectivity index (χ0) is 4.41. The number of hydrogen-bond acceptors (Lipinski definition) is 3. The van der Waals surface area contributed by atoms with Crippen molar-refractivity contribution in [3.63, 3.8) is 0 Å². The zero-order valence-corrected chi connectivity index (χ0v) is 8.21. The van der Waals surface area contributed by atoms with Crippen LogP contribution in [0.4, 0.5) is 4.79 Å². The van der Waals surface area contributed by atoms with Gasteiger partial charge >= 0.3 is 6.16 Å². The van der Waals surface area contributed by atoms with Gasteiger partial charge in [0.05, 0.1) is 0 Å². The van der Waals surface area contributed by atoms with Crippen molar-refractivity contribution in [3.8, 4) is 0 Å². The molecule has 37 valence electrons. The Bertz CT molecular complexity index is 64.6. The van der Waals surface area contributed by atoms with Gasteiger partial charge in [0, 0.05) is 27.3 Å². The summed E-state index contributed by atoms with van der Waals surface area (Å²) in [7, 11) is 0. The van der Waals surface area contributed by atoms with E-state index in [1.54, 1.807) is 0 Å². The van der Waals surface area contributed by atoms with Crippen LogP contribution in [0.15, 0.2) is 0 Å². The maximum atomic E-state index is 9.80. The molecule has 1 heterocycles. The van der Waals surface area contributed by atoms with Gasteiger partial charge in [0.15, 0.2) is 0 Å². The molecule has 0 atom stereocenters. The number of carbonyl (C=O) groups is 1. The van der Waals surface area contributed by atoms with Crippen molar-refractivity contribution in [2.24, 2.45) is 0 Å². The molecule has 0 bridgehead atoms. The number of rotatable bonds is 0. The molecule has 0 spiro atoms. The third-order valence-corrected chi connectivity index (χ3v) is 0.523. The summed E-state index contributed by atoms with van der Waals surface area (Å²) in [6.45, 7) is 0.831. The Morgan fingerprint density at radius 3 is 1.86 bits per heavy atom. The monoisotopic (exact) mass is 293 g/mol. The smallest absolute Gasteiger partial charge is 0.431 e. The van der Waals surface area contributed by atoms with E-state index in [-0.39, 0.29) is 27.3 Å². The van der Waals surface area contributed by atoms with Gasteiger partial charge in [-0.2, -0.15) is 0 Å². The molecule has 0 aromatic heterocycles. The Morgan fingerprint density at radius 2 is 1.71 bits per heavy atom. The van der Waals surface area contributed by atoms with Crippen LogP contribution in [0.1, 0.15) is 0 Å². The molecule has 1 saturated heterocycles. The molecule has 7 heavy (non-hydrogen) atoms. The summed E-state index contributed by atoms with van der Waals surface area (Å²) in [4.78, 5) is 9.80. The van der Waals surface area contributed by atoms with E-state index in [2.05, 4.69) is 9.47 Å². The predicted octanol–water partition coefficient (Wildman–Crippen LogP) is -0.228. The molecule has 0 N–H and O–H groups in total. The fraction of sp³-hybridized carbons (Fsp3) is 0.667. The van der Waals surface area contributed by atoms with Gasteiger partial charge in [-0.15, -0.1) is 0 Å². The first-order valence-corrected chi connectivity index (χ1v) is 1.69.